The maximum absolute atomic E-state index is 8.92. The lowest BCUT2D eigenvalue weighted by Crippen LogP contribution is -2.10. The molecule has 1 N–H and O–H groups in total. The first-order valence-electron chi connectivity index (χ1n) is 5.86. The van der Waals surface area contributed by atoms with E-state index in [0.717, 1.165) is 11.0 Å². The molecule has 0 unspecified atom stereocenters. The lowest BCUT2D eigenvalue weighted by molar-refractivity contribution is 0.0731. The first-order chi connectivity index (χ1) is 8.61. The normalized spacial score (nSPS) is 11.0. The van der Waals surface area contributed by atoms with Crippen LogP contribution in [0.2, 0.25) is 0 Å². The Hall–Kier alpha value is -1.64. The summed E-state index contributed by atoms with van der Waals surface area (Å²) < 4.78 is 8.16. The van der Waals surface area contributed by atoms with E-state index in [4.69, 9.17) is 22.2 Å². The van der Waals surface area contributed by atoms with Crippen molar-refractivity contribution in [3.8, 4) is 6.07 Å². The molecule has 18 heavy (non-hydrogen) atoms. The maximum Gasteiger partial charge on any atom is 0.178 e. The number of benzene rings is 1. The molecule has 2 rings (SSSR count). The fourth-order valence-electron chi connectivity index (χ4n) is 1.82. The van der Waals surface area contributed by atoms with Crippen LogP contribution >= 0.6 is 12.2 Å². The number of nitriles is 1. The lowest BCUT2D eigenvalue weighted by Gasteiger charge is -2.08. The van der Waals surface area contributed by atoms with Crippen LogP contribution < -0.4 is 0 Å². The van der Waals surface area contributed by atoms with E-state index in [2.05, 4.69) is 11.1 Å². The second-order valence-corrected chi connectivity index (χ2v) is 4.73. The highest BCUT2D eigenvalue weighted by molar-refractivity contribution is 7.71. The molecule has 2 aromatic rings. The Labute approximate surface area is 111 Å². The van der Waals surface area contributed by atoms with Crippen LogP contribution in [0.25, 0.3) is 11.0 Å². The number of nitrogens with zero attached hydrogens (tertiary/aromatic N) is 2. The second kappa shape index (κ2) is 5.34. The van der Waals surface area contributed by atoms with Crippen molar-refractivity contribution in [3.05, 3.63) is 28.5 Å². The average Bonchev–Trinajstić information content (AvgIpc) is 2.64. The third-order valence-electron chi connectivity index (χ3n) is 2.67. The highest BCUT2D eigenvalue weighted by Crippen LogP contribution is 2.16. The van der Waals surface area contributed by atoms with Gasteiger partial charge in [0.15, 0.2) is 4.77 Å². The van der Waals surface area contributed by atoms with Crippen molar-refractivity contribution in [2.24, 2.45) is 0 Å². The molecule has 0 bridgehead atoms. The van der Waals surface area contributed by atoms with E-state index in [1.807, 2.05) is 30.5 Å². The number of ether oxygens (including phenoxy) is 1. The molecule has 4 nitrogen and oxygen atoms in total. The Balaban J connectivity index is 2.34. The number of aromatic nitrogens is 2. The molecule has 0 amide bonds. The monoisotopic (exact) mass is 261 g/mol. The van der Waals surface area contributed by atoms with Crippen molar-refractivity contribution in [2.75, 3.05) is 6.61 Å². The summed E-state index contributed by atoms with van der Waals surface area (Å²) in [6.07, 6.45) is 0.207. The summed E-state index contributed by atoms with van der Waals surface area (Å²) in [6.45, 7) is 5.30. The molecule has 0 spiro atoms. The van der Waals surface area contributed by atoms with Gasteiger partial charge in [0.2, 0.25) is 0 Å². The third kappa shape index (κ3) is 2.61. The third-order valence-corrected chi connectivity index (χ3v) is 2.99. The van der Waals surface area contributed by atoms with Gasteiger partial charge in [-0.1, -0.05) is 0 Å². The zero-order valence-electron chi connectivity index (χ0n) is 10.4. The summed E-state index contributed by atoms with van der Waals surface area (Å²) in [4.78, 5) is 3.13. The number of aromatic amines is 1. The number of hydrogen-bond donors (Lipinski definition) is 1. The van der Waals surface area contributed by atoms with Crippen molar-refractivity contribution < 1.29 is 4.74 Å². The highest BCUT2D eigenvalue weighted by atomic mass is 32.1. The summed E-state index contributed by atoms with van der Waals surface area (Å²) in [5.41, 5.74) is 2.53. The number of H-pyrrole nitrogens is 1. The molecule has 0 aliphatic carbocycles. The maximum atomic E-state index is 8.92. The molecule has 1 aromatic carbocycles. The summed E-state index contributed by atoms with van der Waals surface area (Å²) in [6, 6.07) is 7.64. The van der Waals surface area contributed by atoms with Crippen LogP contribution in [0.4, 0.5) is 0 Å². The highest BCUT2D eigenvalue weighted by Gasteiger charge is 2.05. The second-order valence-electron chi connectivity index (χ2n) is 4.35. The van der Waals surface area contributed by atoms with Crippen molar-refractivity contribution in [2.45, 2.75) is 26.5 Å². The Morgan fingerprint density at radius 1 is 1.50 bits per heavy atom. The molecular formula is C13H15N3OS. The molecule has 1 aromatic heterocycles. The van der Waals surface area contributed by atoms with E-state index >= 15 is 0 Å². The fourth-order valence-corrected chi connectivity index (χ4v) is 2.12. The van der Waals surface area contributed by atoms with Crippen LogP contribution in [0.5, 0.6) is 0 Å². The molecule has 5 heteroatoms. The van der Waals surface area contributed by atoms with Gasteiger partial charge >= 0.3 is 0 Å². The first kappa shape index (κ1) is 12.8. The molecule has 0 aliphatic heterocycles. The van der Waals surface area contributed by atoms with E-state index in [0.29, 0.717) is 23.5 Å². The lowest BCUT2D eigenvalue weighted by atomic mass is 10.2. The van der Waals surface area contributed by atoms with E-state index in [-0.39, 0.29) is 6.10 Å². The van der Waals surface area contributed by atoms with Gasteiger partial charge in [-0.2, -0.15) is 5.26 Å². The van der Waals surface area contributed by atoms with Gasteiger partial charge in [0.25, 0.3) is 0 Å². The van der Waals surface area contributed by atoms with Crippen molar-refractivity contribution in [3.63, 3.8) is 0 Å². The van der Waals surface area contributed by atoms with Gasteiger partial charge < -0.3 is 14.3 Å². The van der Waals surface area contributed by atoms with Crippen LogP contribution in [-0.2, 0) is 11.3 Å². The zero-order chi connectivity index (χ0) is 13.1. The SMILES string of the molecule is CC(C)OCCn1c(=S)[nH]c2ccc(C#N)cc21. The van der Waals surface area contributed by atoms with Gasteiger partial charge in [-0.3, -0.25) is 0 Å². The first-order valence-corrected chi connectivity index (χ1v) is 6.27. The predicted octanol–water partition coefficient (Wildman–Crippen LogP) is 3.00. The van der Waals surface area contributed by atoms with Gasteiger partial charge in [-0.15, -0.1) is 0 Å². The largest absolute Gasteiger partial charge is 0.377 e. The topological polar surface area (TPSA) is 53.7 Å². The van der Waals surface area contributed by atoms with Crippen LogP contribution in [0.15, 0.2) is 18.2 Å². The molecule has 1 heterocycles. The quantitative estimate of drug-likeness (QED) is 0.861. The van der Waals surface area contributed by atoms with Crippen LogP contribution in [0.1, 0.15) is 19.4 Å². The summed E-state index contributed by atoms with van der Waals surface area (Å²) >= 11 is 5.28. The minimum Gasteiger partial charge on any atom is -0.377 e. The molecule has 0 radical (unpaired) electrons. The Bertz CT molecular complexity index is 648. The van der Waals surface area contributed by atoms with Gasteiger partial charge in [0, 0.05) is 6.54 Å². The average molecular weight is 261 g/mol. The number of imidazole rings is 1. The van der Waals surface area contributed by atoms with Gasteiger partial charge in [0.05, 0.1) is 35.4 Å². The number of hydrogen-bond acceptors (Lipinski definition) is 3. The van der Waals surface area contributed by atoms with Crippen LogP contribution in [0.3, 0.4) is 0 Å². The number of rotatable bonds is 4. The number of fused-ring (bicyclic) bond motifs is 1. The van der Waals surface area contributed by atoms with Gasteiger partial charge in [0.1, 0.15) is 0 Å². The smallest absolute Gasteiger partial charge is 0.178 e. The Morgan fingerprint density at radius 2 is 2.28 bits per heavy atom. The number of nitrogens with one attached hydrogen (secondary N) is 1. The fraction of sp³-hybridized carbons (Fsp3) is 0.385. The zero-order valence-corrected chi connectivity index (χ0v) is 11.3. The standard InChI is InChI=1S/C13H15N3OS/c1-9(2)17-6-5-16-12-7-10(8-14)3-4-11(12)15-13(16)18/h3-4,7,9H,5-6H2,1-2H3,(H,15,18). The van der Waals surface area contributed by atoms with Gasteiger partial charge in [-0.25, -0.2) is 0 Å². The van der Waals surface area contributed by atoms with Gasteiger partial charge in [-0.05, 0) is 44.3 Å². The molecule has 0 saturated carbocycles. The minimum atomic E-state index is 0.207. The summed E-state index contributed by atoms with van der Waals surface area (Å²) in [7, 11) is 0. The van der Waals surface area contributed by atoms with E-state index in [1.54, 1.807) is 6.07 Å². The van der Waals surface area contributed by atoms with E-state index in [9.17, 15) is 0 Å². The Morgan fingerprint density at radius 3 is 2.94 bits per heavy atom. The van der Waals surface area contributed by atoms with Crippen LogP contribution in [-0.4, -0.2) is 22.3 Å². The summed E-state index contributed by atoms with van der Waals surface area (Å²) in [5.74, 6) is 0. The predicted molar refractivity (Wildman–Crippen MR) is 72.9 cm³/mol. The van der Waals surface area contributed by atoms with Crippen molar-refractivity contribution >= 4 is 23.3 Å². The Kier molecular flexibility index (Phi) is 3.80. The molecule has 0 atom stereocenters. The van der Waals surface area contributed by atoms with Crippen molar-refractivity contribution in [1.82, 2.24) is 9.55 Å². The molecule has 94 valence electrons. The minimum absolute atomic E-state index is 0.207. The summed E-state index contributed by atoms with van der Waals surface area (Å²) in [5, 5.41) is 8.92. The van der Waals surface area contributed by atoms with E-state index < -0.39 is 0 Å². The molecule has 0 fully saturated rings. The molecular weight excluding hydrogens is 246 g/mol. The van der Waals surface area contributed by atoms with Crippen molar-refractivity contribution in [1.29, 1.82) is 5.26 Å². The molecule has 0 aliphatic rings. The van der Waals surface area contributed by atoms with E-state index in [1.165, 1.54) is 0 Å². The van der Waals surface area contributed by atoms with Crippen LogP contribution in [0, 0.1) is 16.1 Å². The molecule has 0 saturated heterocycles.